The Kier molecular flexibility index (Phi) is 6.28. The van der Waals surface area contributed by atoms with Gasteiger partial charge < -0.3 is 5.73 Å². The Morgan fingerprint density at radius 3 is 2.47 bits per heavy atom. The van der Waals surface area contributed by atoms with Crippen LogP contribution in [0.3, 0.4) is 0 Å². The molecule has 0 atom stereocenters. The molecule has 1 aliphatic rings. The number of hydrogen-bond donors (Lipinski definition) is 1. The number of aryl methyl sites for hydroxylation is 1. The fourth-order valence-electron chi connectivity index (χ4n) is 2.21. The highest BCUT2D eigenvalue weighted by Gasteiger charge is 2.30. The van der Waals surface area contributed by atoms with Crippen molar-refractivity contribution in [2.24, 2.45) is 11.7 Å². The van der Waals surface area contributed by atoms with Gasteiger partial charge in [-0.25, -0.2) is 8.42 Å². The molecule has 110 valence electrons. The second-order valence-electron chi connectivity index (χ2n) is 4.55. The Morgan fingerprint density at radius 1 is 1.47 bits per heavy atom. The molecule has 2 heterocycles. The summed E-state index contributed by atoms with van der Waals surface area (Å²) in [6, 6.07) is 1.70. The first kappa shape index (κ1) is 17.4. The summed E-state index contributed by atoms with van der Waals surface area (Å²) in [5, 5.41) is 0. The van der Waals surface area contributed by atoms with Gasteiger partial charge in [0.05, 0.1) is 8.68 Å². The third-order valence-corrected chi connectivity index (χ3v) is 7.07. The average molecular weight is 390 g/mol. The lowest BCUT2D eigenvalue weighted by Gasteiger charge is -2.30. The largest absolute Gasteiger partial charge is 0.330 e. The molecule has 4 nitrogen and oxygen atoms in total. The number of thiophene rings is 1. The maximum atomic E-state index is 12.5. The Morgan fingerprint density at radius 2 is 2.05 bits per heavy atom. The molecule has 1 fully saturated rings. The first-order valence-corrected chi connectivity index (χ1v) is 8.96. The van der Waals surface area contributed by atoms with Crippen molar-refractivity contribution in [1.29, 1.82) is 0 Å². The van der Waals surface area contributed by atoms with Crippen LogP contribution >= 0.6 is 39.7 Å². The van der Waals surface area contributed by atoms with Crippen molar-refractivity contribution in [1.82, 2.24) is 4.31 Å². The minimum absolute atomic E-state index is 0. The van der Waals surface area contributed by atoms with E-state index in [1.165, 1.54) is 11.3 Å². The molecule has 0 aromatic carbocycles. The number of hydrogen-bond acceptors (Lipinski definition) is 4. The number of nitrogens with two attached hydrogens (primary N) is 1. The molecule has 0 radical (unpaired) electrons. The van der Waals surface area contributed by atoms with Crippen molar-refractivity contribution >= 4 is 49.7 Å². The van der Waals surface area contributed by atoms with Gasteiger partial charge in [0, 0.05) is 18.0 Å². The molecule has 1 aromatic heterocycles. The minimum Gasteiger partial charge on any atom is -0.330 e. The van der Waals surface area contributed by atoms with Gasteiger partial charge in [-0.05, 0) is 54.2 Å². The Bertz CT molecular complexity index is 525. The van der Waals surface area contributed by atoms with Crippen LogP contribution in [0.1, 0.15) is 17.7 Å². The van der Waals surface area contributed by atoms with Crippen LogP contribution in [0.4, 0.5) is 0 Å². The zero-order chi connectivity index (χ0) is 13.3. The lowest BCUT2D eigenvalue weighted by molar-refractivity contribution is 0.278. The van der Waals surface area contributed by atoms with E-state index in [0.717, 1.165) is 21.5 Å². The number of sulfonamides is 1. The number of halogens is 2. The topological polar surface area (TPSA) is 63.4 Å². The van der Waals surface area contributed by atoms with Gasteiger partial charge in [-0.3, -0.25) is 0 Å². The quantitative estimate of drug-likeness (QED) is 0.864. The van der Waals surface area contributed by atoms with E-state index >= 15 is 0 Å². The summed E-state index contributed by atoms with van der Waals surface area (Å²) in [5.41, 5.74) is 5.62. The van der Waals surface area contributed by atoms with Gasteiger partial charge in [-0.15, -0.1) is 23.7 Å². The maximum Gasteiger partial charge on any atom is 0.244 e. The van der Waals surface area contributed by atoms with Crippen molar-refractivity contribution in [2.75, 3.05) is 19.6 Å². The van der Waals surface area contributed by atoms with E-state index < -0.39 is 10.0 Å². The van der Waals surface area contributed by atoms with Crippen molar-refractivity contribution in [3.8, 4) is 0 Å². The predicted molar refractivity (Wildman–Crippen MR) is 84.5 cm³/mol. The van der Waals surface area contributed by atoms with Gasteiger partial charge in [0.15, 0.2) is 0 Å². The average Bonchev–Trinajstić information content (AvgIpc) is 2.69. The molecule has 2 rings (SSSR count). The van der Waals surface area contributed by atoms with Gasteiger partial charge in [0.25, 0.3) is 0 Å². The minimum atomic E-state index is -3.33. The van der Waals surface area contributed by atoms with Crippen LogP contribution in [0, 0.1) is 12.8 Å². The predicted octanol–water partition coefficient (Wildman–Crippen LogP) is 2.60. The highest BCUT2D eigenvalue weighted by Crippen LogP contribution is 2.32. The highest BCUT2D eigenvalue weighted by molar-refractivity contribution is 9.11. The molecule has 1 aromatic rings. The Balaban J connectivity index is 0.00000180. The second kappa shape index (κ2) is 6.87. The molecular formula is C11H18BrClN2O2S2. The fourth-order valence-corrected chi connectivity index (χ4v) is 6.06. The summed E-state index contributed by atoms with van der Waals surface area (Å²) in [4.78, 5) is 1.27. The van der Waals surface area contributed by atoms with Crippen LogP contribution < -0.4 is 5.73 Å². The van der Waals surface area contributed by atoms with E-state index in [1.54, 1.807) is 10.4 Å². The van der Waals surface area contributed by atoms with Gasteiger partial charge in [0.2, 0.25) is 10.0 Å². The Labute approximate surface area is 133 Å². The van der Waals surface area contributed by atoms with Gasteiger partial charge >= 0.3 is 0 Å². The standard InChI is InChI=1S/C11H17BrN2O2S2.ClH/c1-8-10(6-11(12)17-8)18(15,16)14-4-2-9(7-13)3-5-14;/h6,9H,2-5,7,13H2,1H3;1H. The molecule has 0 aliphatic carbocycles. The summed E-state index contributed by atoms with van der Waals surface area (Å²) >= 11 is 4.80. The van der Waals surface area contributed by atoms with Crippen molar-refractivity contribution in [3.63, 3.8) is 0 Å². The fraction of sp³-hybridized carbons (Fsp3) is 0.636. The summed E-state index contributed by atoms with van der Waals surface area (Å²) in [6.45, 7) is 3.65. The number of rotatable bonds is 3. The molecule has 19 heavy (non-hydrogen) atoms. The molecule has 1 aliphatic heterocycles. The van der Waals surface area contributed by atoms with E-state index in [1.807, 2.05) is 6.92 Å². The van der Waals surface area contributed by atoms with Gasteiger partial charge in [-0.1, -0.05) is 0 Å². The molecule has 1 saturated heterocycles. The summed E-state index contributed by atoms with van der Waals surface area (Å²) in [7, 11) is -3.33. The molecule has 0 bridgehead atoms. The summed E-state index contributed by atoms with van der Waals surface area (Å²) in [6.07, 6.45) is 1.72. The molecule has 8 heteroatoms. The van der Waals surface area contributed by atoms with Crippen molar-refractivity contribution in [3.05, 3.63) is 14.7 Å². The van der Waals surface area contributed by atoms with Crippen molar-refractivity contribution < 1.29 is 8.42 Å². The second-order valence-corrected chi connectivity index (χ2v) is 9.10. The maximum absolute atomic E-state index is 12.5. The molecule has 0 saturated carbocycles. The third-order valence-electron chi connectivity index (χ3n) is 3.37. The molecule has 2 N–H and O–H groups in total. The Hall–Kier alpha value is 0.340. The monoisotopic (exact) mass is 388 g/mol. The molecular weight excluding hydrogens is 372 g/mol. The van der Waals surface area contributed by atoms with E-state index in [9.17, 15) is 8.42 Å². The smallest absolute Gasteiger partial charge is 0.244 e. The van der Waals surface area contributed by atoms with E-state index in [0.29, 0.717) is 30.4 Å². The first-order valence-electron chi connectivity index (χ1n) is 5.91. The van der Waals surface area contributed by atoms with Crippen LogP contribution in [0.5, 0.6) is 0 Å². The van der Waals surface area contributed by atoms with Crippen LogP contribution in [-0.2, 0) is 10.0 Å². The van der Waals surface area contributed by atoms with E-state index in [2.05, 4.69) is 15.9 Å². The summed E-state index contributed by atoms with van der Waals surface area (Å²) in [5.74, 6) is 0.465. The van der Waals surface area contributed by atoms with E-state index in [4.69, 9.17) is 5.73 Å². The van der Waals surface area contributed by atoms with Gasteiger partial charge in [-0.2, -0.15) is 4.31 Å². The molecule has 0 spiro atoms. The molecule has 0 amide bonds. The number of piperidine rings is 1. The normalized spacial score (nSPS) is 18.3. The first-order chi connectivity index (χ1) is 8.45. The van der Waals surface area contributed by atoms with Gasteiger partial charge in [0.1, 0.15) is 0 Å². The van der Waals surface area contributed by atoms with Crippen LogP contribution in [0.25, 0.3) is 0 Å². The highest BCUT2D eigenvalue weighted by atomic mass is 79.9. The lowest BCUT2D eigenvalue weighted by atomic mass is 9.99. The zero-order valence-corrected chi connectivity index (χ0v) is 14.7. The zero-order valence-electron chi connectivity index (χ0n) is 10.6. The summed E-state index contributed by atoms with van der Waals surface area (Å²) < 4.78 is 27.4. The van der Waals surface area contributed by atoms with Crippen LogP contribution in [-0.4, -0.2) is 32.4 Å². The lowest BCUT2D eigenvalue weighted by Crippen LogP contribution is -2.40. The SMILES string of the molecule is Cc1sc(Br)cc1S(=O)(=O)N1CCC(CN)CC1.Cl. The third kappa shape index (κ3) is 3.71. The molecule has 0 unspecified atom stereocenters. The van der Waals surface area contributed by atoms with Crippen LogP contribution in [0.15, 0.2) is 14.7 Å². The number of nitrogens with zero attached hydrogens (tertiary/aromatic N) is 1. The van der Waals surface area contributed by atoms with Crippen molar-refractivity contribution in [2.45, 2.75) is 24.7 Å². The van der Waals surface area contributed by atoms with Crippen LogP contribution in [0.2, 0.25) is 0 Å². The van der Waals surface area contributed by atoms with E-state index in [-0.39, 0.29) is 12.4 Å².